The van der Waals surface area contributed by atoms with E-state index in [0.717, 1.165) is 12.3 Å². The summed E-state index contributed by atoms with van der Waals surface area (Å²) in [6.07, 6.45) is -2.07. The molecule has 0 aromatic heterocycles. The number of carbonyl (C=O) groups excluding carboxylic acids is 1. The molecule has 5 nitrogen and oxygen atoms in total. The highest BCUT2D eigenvalue weighted by Crippen LogP contribution is 2.62. The Labute approximate surface area is 137 Å². The Balaban J connectivity index is 1.92. The first kappa shape index (κ1) is 17.2. The first-order valence-electron chi connectivity index (χ1n) is 7.19. The second-order valence-electron chi connectivity index (χ2n) is 6.63. The molecule has 0 saturated heterocycles. The molecule has 4 rings (SSSR count). The van der Waals surface area contributed by atoms with Gasteiger partial charge in [0.25, 0.3) is 5.91 Å². The maximum atomic E-state index is 12.9. The number of nitrogens with one attached hydrogen (secondary N) is 1. The van der Waals surface area contributed by atoms with Gasteiger partial charge >= 0.3 is 6.18 Å². The van der Waals surface area contributed by atoms with Gasteiger partial charge in [-0.25, -0.2) is 8.42 Å². The van der Waals surface area contributed by atoms with Crippen LogP contribution in [-0.2, 0) is 20.8 Å². The molecule has 3 aliphatic carbocycles. The van der Waals surface area contributed by atoms with E-state index in [1.54, 1.807) is 7.11 Å². The number of hydrogen-bond acceptors (Lipinski definition) is 4. The van der Waals surface area contributed by atoms with Crippen LogP contribution in [0.25, 0.3) is 0 Å². The van der Waals surface area contributed by atoms with Gasteiger partial charge in [0.2, 0.25) is 0 Å². The summed E-state index contributed by atoms with van der Waals surface area (Å²) in [5, 5.41) is 2.67. The van der Waals surface area contributed by atoms with Crippen molar-refractivity contribution in [2.75, 3.05) is 13.4 Å². The summed E-state index contributed by atoms with van der Waals surface area (Å²) in [7, 11) is -2.27. The minimum atomic E-state index is -4.67. The maximum absolute atomic E-state index is 12.9. The van der Waals surface area contributed by atoms with E-state index in [0.29, 0.717) is 31.4 Å². The summed E-state index contributed by atoms with van der Waals surface area (Å²) in [4.78, 5) is 12.0. The monoisotopic (exact) mass is 363 g/mol. The Kier molecular flexibility index (Phi) is 3.55. The fourth-order valence-corrected chi connectivity index (χ4v) is 4.43. The van der Waals surface area contributed by atoms with Gasteiger partial charge in [-0.3, -0.25) is 4.79 Å². The molecular weight excluding hydrogens is 347 g/mol. The van der Waals surface area contributed by atoms with Crippen molar-refractivity contribution in [2.24, 2.45) is 0 Å². The average molecular weight is 363 g/mol. The van der Waals surface area contributed by atoms with E-state index in [9.17, 15) is 26.4 Å². The van der Waals surface area contributed by atoms with Crippen molar-refractivity contribution in [1.29, 1.82) is 0 Å². The molecular formula is C15H16F3NO4S. The predicted molar refractivity (Wildman–Crippen MR) is 78.3 cm³/mol. The lowest BCUT2D eigenvalue weighted by Crippen LogP contribution is -2.79. The van der Waals surface area contributed by atoms with Crippen molar-refractivity contribution in [3.8, 4) is 0 Å². The molecule has 0 spiro atoms. The topological polar surface area (TPSA) is 72.5 Å². The number of halogens is 3. The van der Waals surface area contributed by atoms with E-state index in [2.05, 4.69) is 5.32 Å². The molecule has 0 unspecified atom stereocenters. The second kappa shape index (κ2) is 4.95. The number of amides is 1. The molecule has 1 aromatic rings. The third kappa shape index (κ3) is 2.69. The Hall–Kier alpha value is -1.61. The minimum absolute atomic E-state index is 0.249. The SMILES string of the molecule is COC12CC(NC(=O)c3cc(C(F)(F)F)ccc3S(C)(=O)=O)(C1)C2. The predicted octanol–water partition coefficient (Wildman–Crippen LogP) is 2.16. The van der Waals surface area contributed by atoms with Crippen molar-refractivity contribution in [3.05, 3.63) is 29.3 Å². The summed E-state index contributed by atoms with van der Waals surface area (Å²) in [6, 6.07) is 2.07. The van der Waals surface area contributed by atoms with E-state index < -0.39 is 43.5 Å². The van der Waals surface area contributed by atoms with Crippen LogP contribution in [0.5, 0.6) is 0 Å². The molecule has 0 aliphatic heterocycles. The fourth-order valence-electron chi connectivity index (χ4n) is 3.56. The highest BCUT2D eigenvalue weighted by Gasteiger charge is 2.69. The van der Waals surface area contributed by atoms with Gasteiger partial charge in [-0.05, 0) is 37.5 Å². The smallest absolute Gasteiger partial charge is 0.378 e. The van der Waals surface area contributed by atoms with Crippen LogP contribution >= 0.6 is 0 Å². The number of sulfone groups is 1. The fraction of sp³-hybridized carbons (Fsp3) is 0.533. The Morgan fingerprint density at radius 3 is 2.29 bits per heavy atom. The van der Waals surface area contributed by atoms with E-state index >= 15 is 0 Å². The quantitative estimate of drug-likeness (QED) is 0.890. The van der Waals surface area contributed by atoms with Crippen molar-refractivity contribution in [1.82, 2.24) is 5.32 Å². The molecule has 24 heavy (non-hydrogen) atoms. The van der Waals surface area contributed by atoms with Crippen molar-refractivity contribution < 1.29 is 31.1 Å². The lowest BCUT2D eigenvalue weighted by Gasteiger charge is -2.69. The van der Waals surface area contributed by atoms with Crippen LogP contribution in [0, 0.1) is 0 Å². The minimum Gasteiger partial charge on any atom is -0.378 e. The van der Waals surface area contributed by atoms with E-state index in [4.69, 9.17) is 4.74 Å². The highest BCUT2D eigenvalue weighted by molar-refractivity contribution is 7.90. The molecule has 3 saturated carbocycles. The largest absolute Gasteiger partial charge is 0.416 e. The number of rotatable bonds is 4. The standard InChI is InChI=1S/C15H16F3NO4S/c1-23-14-6-13(7-14,8-14)19-12(20)10-5-9(15(16,17)18)3-4-11(10)24(2,21)22/h3-5H,6-8H2,1-2H3,(H,19,20). The summed E-state index contributed by atoms with van der Waals surface area (Å²) >= 11 is 0. The number of hydrogen-bond donors (Lipinski definition) is 1. The lowest BCUT2D eigenvalue weighted by atomic mass is 9.46. The molecule has 0 atom stereocenters. The van der Waals surface area contributed by atoms with E-state index in [1.807, 2.05) is 0 Å². The van der Waals surface area contributed by atoms with Crippen LogP contribution in [-0.4, -0.2) is 38.8 Å². The van der Waals surface area contributed by atoms with Crippen LogP contribution in [0.4, 0.5) is 13.2 Å². The molecule has 1 N–H and O–H groups in total. The molecule has 1 amide bonds. The van der Waals surface area contributed by atoms with Crippen LogP contribution in [0.2, 0.25) is 0 Å². The van der Waals surface area contributed by atoms with Crippen LogP contribution in [0.1, 0.15) is 35.2 Å². The first-order chi connectivity index (χ1) is 10.9. The van der Waals surface area contributed by atoms with Gasteiger partial charge in [-0.15, -0.1) is 0 Å². The molecule has 2 bridgehead atoms. The highest BCUT2D eigenvalue weighted by atomic mass is 32.2. The maximum Gasteiger partial charge on any atom is 0.416 e. The second-order valence-corrected chi connectivity index (χ2v) is 8.62. The number of alkyl halides is 3. The van der Waals surface area contributed by atoms with Crippen LogP contribution in [0.3, 0.4) is 0 Å². The molecule has 1 aromatic carbocycles. The van der Waals surface area contributed by atoms with Crippen LogP contribution < -0.4 is 5.32 Å². The van der Waals surface area contributed by atoms with E-state index in [1.165, 1.54) is 0 Å². The van der Waals surface area contributed by atoms with Crippen molar-refractivity contribution >= 4 is 15.7 Å². The van der Waals surface area contributed by atoms with Gasteiger partial charge in [0.1, 0.15) is 0 Å². The zero-order chi connectivity index (χ0) is 18.0. The third-order valence-electron chi connectivity index (χ3n) is 4.74. The number of ether oxygens (including phenoxy) is 1. The van der Waals surface area contributed by atoms with Gasteiger partial charge < -0.3 is 10.1 Å². The zero-order valence-electron chi connectivity index (χ0n) is 13.0. The molecule has 0 radical (unpaired) electrons. The summed E-state index contributed by atoms with van der Waals surface area (Å²) < 4.78 is 67.5. The molecule has 132 valence electrons. The normalized spacial score (nSPS) is 28.7. The molecule has 0 heterocycles. The number of carbonyl (C=O) groups is 1. The summed E-state index contributed by atoms with van der Waals surface area (Å²) in [5.41, 5.74) is -2.30. The Morgan fingerprint density at radius 2 is 1.83 bits per heavy atom. The zero-order valence-corrected chi connectivity index (χ0v) is 13.8. The van der Waals surface area contributed by atoms with Gasteiger partial charge in [0.15, 0.2) is 9.84 Å². The van der Waals surface area contributed by atoms with E-state index in [-0.39, 0.29) is 5.60 Å². The average Bonchev–Trinajstić information content (AvgIpc) is 2.38. The lowest BCUT2D eigenvalue weighted by molar-refractivity contribution is -0.233. The third-order valence-corrected chi connectivity index (χ3v) is 5.90. The first-order valence-corrected chi connectivity index (χ1v) is 9.08. The van der Waals surface area contributed by atoms with Gasteiger partial charge in [-0.1, -0.05) is 0 Å². The Morgan fingerprint density at radius 1 is 1.25 bits per heavy atom. The molecule has 3 aliphatic rings. The van der Waals surface area contributed by atoms with Gasteiger partial charge in [0.05, 0.1) is 21.6 Å². The van der Waals surface area contributed by atoms with Crippen molar-refractivity contribution in [3.63, 3.8) is 0 Å². The number of methoxy groups -OCH3 is 1. The summed E-state index contributed by atoms with van der Waals surface area (Å²) in [5.74, 6) is -0.814. The molecule has 9 heteroatoms. The molecule has 3 fully saturated rings. The Bertz CT molecular complexity index is 797. The summed E-state index contributed by atoms with van der Waals surface area (Å²) in [6.45, 7) is 0. The van der Waals surface area contributed by atoms with Crippen LogP contribution in [0.15, 0.2) is 23.1 Å². The van der Waals surface area contributed by atoms with Crippen molar-refractivity contribution in [2.45, 2.75) is 41.5 Å². The van der Waals surface area contributed by atoms with Gasteiger partial charge in [-0.2, -0.15) is 13.2 Å². The van der Waals surface area contributed by atoms with Gasteiger partial charge in [0, 0.05) is 18.9 Å². The number of benzene rings is 1.